The van der Waals surface area contributed by atoms with Gasteiger partial charge in [0.05, 0.1) is 0 Å². The van der Waals surface area contributed by atoms with Crippen LogP contribution in [0.3, 0.4) is 0 Å². The fraction of sp³-hybridized carbons (Fsp3) is 0.625. The topological polar surface area (TPSA) is 27.3 Å². The summed E-state index contributed by atoms with van der Waals surface area (Å²) in [7, 11) is 0. The van der Waals surface area contributed by atoms with Crippen molar-refractivity contribution in [3.8, 4) is 0 Å². The van der Waals surface area contributed by atoms with Crippen molar-refractivity contribution in [3.63, 3.8) is 0 Å². The standard InChI is InChI=1S/C16H25N3/c1-2-4-15(5-3-1)6-11-19-12-7-16(8-13-19)14-17-9-10-18-16/h1-5,17-18H,6-14H2. The number of nitrogens with one attached hydrogen (secondary N) is 2. The van der Waals surface area contributed by atoms with Crippen LogP contribution in [0.15, 0.2) is 30.3 Å². The lowest BCUT2D eigenvalue weighted by atomic mass is 9.86. The normalized spacial score (nSPS) is 23.6. The van der Waals surface area contributed by atoms with Gasteiger partial charge in [-0.25, -0.2) is 0 Å². The zero-order valence-corrected chi connectivity index (χ0v) is 11.7. The second-order valence-electron chi connectivity index (χ2n) is 5.96. The minimum atomic E-state index is 0.390. The number of hydrogen-bond donors (Lipinski definition) is 2. The monoisotopic (exact) mass is 259 g/mol. The van der Waals surface area contributed by atoms with Crippen molar-refractivity contribution >= 4 is 0 Å². The van der Waals surface area contributed by atoms with Crippen LogP contribution < -0.4 is 10.6 Å². The Bertz CT molecular complexity index is 374. The van der Waals surface area contributed by atoms with Crippen molar-refractivity contribution in [2.75, 3.05) is 39.3 Å². The van der Waals surface area contributed by atoms with Crippen molar-refractivity contribution < 1.29 is 0 Å². The van der Waals surface area contributed by atoms with Gasteiger partial charge in [-0.2, -0.15) is 0 Å². The van der Waals surface area contributed by atoms with Crippen LogP contribution in [-0.4, -0.2) is 49.7 Å². The summed E-state index contributed by atoms with van der Waals surface area (Å²) < 4.78 is 0. The Hall–Kier alpha value is -0.900. The van der Waals surface area contributed by atoms with Gasteiger partial charge in [-0.3, -0.25) is 0 Å². The highest BCUT2D eigenvalue weighted by Gasteiger charge is 2.34. The minimum Gasteiger partial charge on any atom is -0.314 e. The van der Waals surface area contributed by atoms with Gasteiger partial charge in [-0.1, -0.05) is 30.3 Å². The predicted molar refractivity (Wildman–Crippen MR) is 79.4 cm³/mol. The van der Waals surface area contributed by atoms with Crippen molar-refractivity contribution in [1.82, 2.24) is 15.5 Å². The van der Waals surface area contributed by atoms with Crippen LogP contribution in [0.1, 0.15) is 18.4 Å². The molecule has 0 unspecified atom stereocenters. The summed E-state index contributed by atoms with van der Waals surface area (Å²) >= 11 is 0. The molecule has 0 bridgehead atoms. The molecule has 0 amide bonds. The van der Waals surface area contributed by atoms with Crippen LogP contribution in [-0.2, 0) is 6.42 Å². The molecule has 1 spiro atoms. The van der Waals surface area contributed by atoms with Crippen LogP contribution >= 0.6 is 0 Å². The number of benzene rings is 1. The first kappa shape index (κ1) is 13.1. The molecule has 3 nitrogen and oxygen atoms in total. The van der Waals surface area contributed by atoms with Gasteiger partial charge in [0.25, 0.3) is 0 Å². The van der Waals surface area contributed by atoms with Crippen molar-refractivity contribution in [1.29, 1.82) is 0 Å². The molecule has 0 saturated carbocycles. The van der Waals surface area contributed by atoms with Gasteiger partial charge in [0.1, 0.15) is 0 Å². The van der Waals surface area contributed by atoms with Crippen LogP contribution in [0, 0.1) is 0 Å². The molecule has 2 heterocycles. The zero-order valence-electron chi connectivity index (χ0n) is 11.7. The third-order valence-electron chi connectivity index (χ3n) is 4.64. The summed E-state index contributed by atoms with van der Waals surface area (Å²) in [4.78, 5) is 2.62. The maximum Gasteiger partial charge on any atom is 0.0331 e. The molecule has 0 aromatic heterocycles. The second-order valence-corrected chi connectivity index (χ2v) is 5.96. The number of piperazine rings is 1. The number of likely N-dealkylation sites (tertiary alicyclic amines) is 1. The van der Waals surface area contributed by atoms with Gasteiger partial charge in [-0.05, 0) is 37.9 Å². The molecule has 104 valence electrons. The third kappa shape index (κ3) is 3.35. The van der Waals surface area contributed by atoms with E-state index in [1.165, 1.54) is 44.5 Å². The van der Waals surface area contributed by atoms with Crippen LogP contribution in [0.25, 0.3) is 0 Å². The lowest BCUT2D eigenvalue weighted by molar-refractivity contribution is 0.122. The quantitative estimate of drug-likeness (QED) is 0.856. The molecule has 0 atom stereocenters. The van der Waals surface area contributed by atoms with Gasteiger partial charge in [-0.15, -0.1) is 0 Å². The number of piperidine rings is 1. The van der Waals surface area contributed by atoms with E-state index in [0.29, 0.717) is 5.54 Å². The minimum absolute atomic E-state index is 0.390. The van der Waals surface area contributed by atoms with E-state index in [1.807, 2.05) is 0 Å². The van der Waals surface area contributed by atoms with Gasteiger partial charge in [0, 0.05) is 31.7 Å². The molecule has 3 rings (SSSR count). The van der Waals surface area contributed by atoms with Crippen LogP contribution in [0.2, 0.25) is 0 Å². The van der Waals surface area contributed by atoms with Crippen molar-refractivity contribution in [3.05, 3.63) is 35.9 Å². The fourth-order valence-electron chi connectivity index (χ4n) is 3.30. The van der Waals surface area contributed by atoms with Crippen molar-refractivity contribution in [2.45, 2.75) is 24.8 Å². The van der Waals surface area contributed by atoms with E-state index < -0.39 is 0 Å². The van der Waals surface area contributed by atoms with E-state index in [-0.39, 0.29) is 0 Å². The lowest BCUT2D eigenvalue weighted by Gasteiger charge is -2.45. The lowest BCUT2D eigenvalue weighted by Crippen LogP contribution is -2.63. The Morgan fingerprint density at radius 2 is 1.84 bits per heavy atom. The molecule has 1 aromatic carbocycles. The van der Waals surface area contributed by atoms with E-state index in [2.05, 4.69) is 45.9 Å². The molecular weight excluding hydrogens is 234 g/mol. The summed E-state index contributed by atoms with van der Waals surface area (Å²) in [6.45, 7) is 7.08. The Labute approximate surface area is 116 Å². The first-order chi connectivity index (χ1) is 9.36. The highest BCUT2D eigenvalue weighted by Crippen LogP contribution is 2.23. The SMILES string of the molecule is c1ccc(CCN2CCC3(CC2)CNCCN3)cc1. The van der Waals surface area contributed by atoms with E-state index in [4.69, 9.17) is 0 Å². The molecule has 2 aliphatic heterocycles. The average Bonchev–Trinajstić information content (AvgIpc) is 2.49. The van der Waals surface area contributed by atoms with E-state index >= 15 is 0 Å². The maximum absolute atomic E-state index is 3.74. The first-order valence-electron chi connectivity index (χ1n) is 7.58. The molecule has 2 N–H and O–H groups in total. The van der Waals surface area contributed by atoms with E-state index in [1.54, 1.807) is 0 Å². The summed E-state index contributed by atoms with van der Waals surface area (Å²) in [5.74, 6) is 0. The number of nitrogens with zero attached hydrogens (tertiary/aromatic N) is 1. The summed E-state index contributed by atoms with van der Waals surface area (Å²) in [5.41, 5.74) is 1.85. The molecular formula is C16H25N3. The Kier molecular flexibility index (Phi) is 4.16. The Morgan fingerprint density at radius 1 is 1.05 bits per heavy atom. The number of hydrogen-bond acceptors (Lipinski definition) is 3. The molecule has 0 aliphatic carbocycles. The molecule has 3 heteroatoms. The van der Waals surface area contributed by atoms with Gasteiger partial charge >= 0.3 is 0 Å². The Balaban J connectivity index is 1.45. The first-order valence-corrected chi connectivity index (χ1v) is 7.58. The van der Waals surface area contributed by atoms with Gasteiger partial charge < -0.3 is 15.5 Å². The smallest absolute Gasteiger partial charge is 0.0331 e. The summed E-state index contributed by atoms with van der Waals surface area (Å²) in [6.07, 6.45) is 3.75. The fourth-order valence-corrected chi connectivity index (χ4v) is 3.30. The molecule has 2 aliphatic rings. The third-order valence-corrected chi connectivity index (χ3v) is 4.64. The Morgan fingerprint density at radius 3 is 2.53 bits per heavy atom. The summed E-state index contributed by atoms with van der Waals surface area (Å²) in [6, 6.07) is 10.8. The second kappa shape index (κ2) is 6.04. The van der Waals surface area contributed by atoms with E-state index in [0.717, 1.165) is 19.6 Å². The van der Waals surface area contributed by atoms with Gasteiger partial charge in [0.2, 0.25) is 0 Å². The zero-order chi connectivity index (χ0) is 13.0. The summed E-state index contributed by atoms with van der Waals surface area (Å²) in [5, 5.41) is 7.28. The number of rotatable bonds is 3. The van der Waals surface area contributed by atoms with E-state index in [9.17, 15) is 0 Å². The highest BCUT2D eigenvalue weighted by molar-refractivity contribution is 5.15. The molecule has 19 heavy (non-hydrogen) atoms. The highest BCUT2D eigenvalue weighted by atomic mass is 15.2. The van der Waals surface area contributed by atoms with Crippen LogP contribution in [0.5, 0.6) is 0 Å². The largest absolute Gasteiger partial charge is 0.314 e. The molecule has 2 fully saturated rings. The molecule has 0 radical (unpaired) electrons. The maximum atomic E-state index is 3.74. The molecule has 2 saturated heterocycles. The van der Waals surface area contributed by atoms with Gasteiger partial charge in [0.15, 0.2) is 0 Å². The van der Waals surface area contributed by atoms with Crippen molar-refractivity contribution in [2.24, 2.45) is 0 Å². The predicted octanol–water partition coefficient (Wildman–Crippen LogP) is 1.26. The van der Waals surface area contributed by atoms with Crippen LogP contribution in [0.4, 0.5) is 0 Å². The average molecular weight is 259 g/mol. The molecule has 1 aromatic rings.